The third-order valence-electron chi connectivity index (χ3n) is 3.54. The Bertz CT molecular complexity index is 244. The average molecular weight is 215 g/mol. The van der Waals surface area contributed by atoms with E-state index in [0.717, 1.165) is 12.8 Å². The predicted octanol–water partition coefficient (Wildman–Crippen LogP) is 0.942. The van der Waals surface area contributed by atoms with Gasteiger partial charge in [0.1, 0.15) is 0 Å². The van der Waals surface area contributed by atoms with Crippen LogP contribution in [-0.2, 0) is 4.79 Å². The van der Waals surface area contributed by atoms with Crippen molar-refractivity contribution in [2.45, 2.75) is 44.8 Å². The molecule has 1 fully saturated rings. The van der Waals surface area contributed by atoms with Crippen LogP contribution in [0.25, 0.3) is 0 Å². The molecule has 1 aliphatic rings. The number of aliphatic carboxylic acids is 1. The fraction of sp³-hybridized carbons (Fsp3) is 0.909. The van der Waals surface area contributed by atoms with Gasteiger partial charge in [0.25, 0.3) is 0 Å². The van der Waals surface area contributed by atoms with Gasteiger partial charge in [-0.1, -0.05) is 20.3 Å². The SMILES string of the molecule is CCC[C@@H]1C[C@](O)(C(=O)O)[C@@H](C)CN1C. The van der Waals surface area contributed by atoms with E-state index in [-0.39, 0.29) is 12.0 Å². The van der Waals surface area contributed by atoms with Gasteiger partial charge in [-0.25, -0.2) is 4.79 Å². The smallest absolute Gasteiger partial charge is 0.336 e. The van der Waals surface area contributed by atoms with Gasteiger partial charge in [0, 0.05) is 24.9 Å². The molecule has 4 nitrogen and oxygen atoms in total. The van der Waals surface area contributed by atoms with Crippen molar-refractivity contribution in [3.05, 3.63) is 0 Å². The number of likely N-dealkylation sites (tertiary alicyclic amines) is 1. The van der Waals surface area contributed by atoms with Gasteiger partial charge in [-0.3, -0.25) is 0 Å². The molecular formula is C11H21NO3. The first-order valence-electron chi connectivity index (χ1n) is 5.57. The Morgan fingerprint density at radius 1 is 1.60 bits per heavy atom. The average Bonchev–Trinajstić information content (AvgIpc) is 2.14. The van der Waals surface area contributed by atoms with Gasteiger partial charge in [0.05, 0.1) is 0 Å². The Morgan fingerprint density at radius 3 is 2.67 bits per heavy atom. The first kappa shape index (κ1) is 12.5. The highest BCUT2D eigenvalue weighted by atomic mass is 16.4. The number of carboxylic acid groups (broad SMARTS) is 1. The minimum atomic E-state index is -1.54. The summed E-state index contributed by atoms with van der Waals surface area (Å²) in [4.78, 5) is 13.2. The lowest BCUT2D eigenvalue weighted by Gasteiger charge is -2.44. The van der Waals surface area contributed by atoms with Crippen molar-refractivity contribution < 1.29 is 15.0 Å². The van der Waals surface area contributed by atoms with Crippen LogP contribution in [0.15, 0.2) is 0 Å². The number of hydrogen-bond donors (Lipinski definition) is 2. The van der Waals surface area contributed by atoms with E-state index in [2.05, 4.69) is 11.8 Å². The summed E-state index contributed by atoms with van der Waals surface area (Å²) in [5, 5.41) is 19.2. The van der Waals surface area contributed by atoms with Crippen molar-refractivity contribution in [3.63, 3.8) is 0 Å². The maximum Gasteiger partial charge on any atom is 0.336 e. The number of carbonyl (C=O) groups is 1. The fourth-order valence-electron chi connectivity index (χ4n) is 2.40. The second kappa shape index (κ2) is 4.49. The molecule has 0 unspecified atom stereocenters. The Labute approximate surface area is 90.9 Å². The van der Waals surface area contributed by atoms with Gasteiger partial charge in [-0.05, 0) is 13.5 Å². The molecule has 1 saturated heterocycles. The van der Waals surface area contributed by atoms with Crippen molar-refractivity contribution in [2.24, 2.45) is 5.92 Å². The van der Waals surface area contributed by atoms with Crippen LogP contribution >= 0.6 is 0 Å². The van der Waals surface area contributed by atoms with Crippen molar-refractivity contribution in [1.29, 1.82) is 0 Å². The molecule has 0 aromatic heterocycles. The molecule has 0 bridgehead atoms. The predicted molar refractivity (Wildman–Crippen MR) is 57.7 cm³/mol. The van der Waals surface area contributed by atoms with E-state index in [9.17, 15) is 9.90 Å². The van der Waals surface area contributed by atoms with Crippen molar-refractivity contribution in [2.75, 3.05) is 13.6 Å². The lowest BCUT2D eigenvalue weighted by molar-refractivity contribution is -0.173. The van der Waals surface area contributed by atoms with E-state index in [4.69, 9.17) is 5.11 Å². The van der Waals surface area contributed by atoms with E-state index in [1.807, 2.05) is 7.05 Å². The maximum atomic E-state index is 11.1. The highest BCUT2D eigenvalue weighted by Crippen LogP contribution is 2.32. The van der Waals surface area contributed by atoms with Crippen LogP contribution in [-0.4, -0.2) is 46.3 Å². The second-order valence-electron chi connectivity index (χ2n) is 4.72. The Hall–Kier alpha value is -0.610. The zero-order valence-electron chi connectivity index (χ0n) is 9.73. The summed E-state index contributed by atoms with van der Waals surface area (Å²) in [7, 11) is 2.00. The van der Waals surface area contributed by atoms with Crippen molar-refractivity contribution >= 4 is 5.97 Å². The first-order chi connectivity index (χ1) is 6.91. The molecule has 0 radical (unpaired) electrons. The highest BCUT2D eigenvalue weighted by molar-refractivity contribution is 5.77. The standard InChI is InChI=1S/C11H21NO3/c1-4-5-9-6-11(15,10(13)14)8(2)7-12(9)3/h8-9,15H,4-7H2,1-3H3,(H,13,14)/t8-,9+,11+/m0/s1. The lowest BCUT2D eigenvalue weighted by Crippen LogP contribution is -2.58. The van der Waals surface area contributed by atoms with E-state index in [1.54, 1.807) is 6.92 Å². The molecule has 0 saturated carbocycles. The molecule has 15 heavy (non-hydrogen) atoms. The quantitative estimate of drug-likeness (QED) is 0.735. The van der Waals surface area contributed by atoms with E-state index < -0.39 is 11.6 Å². The molecule has 1 heterocycles. The summed E-state index contributed by atoms with van der Waals surface area (Å²) in [6, 6.07) is 0.187. The van der Waals surface area contributed by atoms with Crippen molar-refractivity contribution in [1.82, 2.24) is 4.90 Å². The van der Waals surface area contributed by atoms with Crippen LogP contribution in [0, 0.1) is 5.92 Å². The van der Waals surface area contributed by atoms with Crippen LogP contribution in [0.4, 0.5) is 0 Å². The molecule has 0 aromatic carbocycles. The Balaban J connectivity index is 2.79. The Morgan fingerprint density at radius 2 is 2.20 bits per heavy atom. The van der Waals surface area contributed by atoms with E-state index in [0.29, 0.717) is 13.0 Å². The molecule has 1 rings (SSSR count). The zero-order chi connectivity index (χ0) is 11.6. The van der Waals surface area contributed by atoms with Crippen molar-refractivity contribution in [3.8, 4) is 0 Å². The topological polar surface area (TPSA) is 60.8 Å². The summed E-state index contributed by atoms with van der Waals surface area (Å²) in [5.41, 5.74) is -1.54. The highest BCUT2D eigenvalue weighted by Gasteiger charge is 2.47. The van der Waals surface area contributed by atoms with E-state index in [1.165, 1.54) is 0 Å². The normalized spacial score (nSPS) is 37.9. The maximum absolute atomic E-state index is 11.1. The van der Waals surface area contributed by atoms with Gasteiger partial charge in [0.2, 0.25) is 0 Å². The lowest BCUT2D eigenvalue weighted by atomic mass is 9.78. The van der Waals surface area contributed by atoms with E-state index >= 15 is 0 Å². The number of aliphatic hydroxyl groups is 1. The minimum Gasteiger partial charge on any atom is -0.479 e. The van der Waals surface area contributed by atoms with Crippen LogP contribution in [0.1, 0.15) is 33.1 Å². The molecule has 0 spiro atoms. The number of carboxylic acids is 1. The summed E-state index contributed by atoms with van der Waals surface area (Å²) in [6.07, 6.45) is 2.30. The summed E-state index contributed by atoms with van der Waals surface area (Å²) in [5.74, 6) is -1.29. The van der Waals surface area contributed by atoms with Gasteiger partial charge < -0.3 is 15.1 Å². The molecule has 1 aliphatic heterocycles. The van der Waals surface area contributed by atoms with Gasteiger partial charge >= 0.3 is 5.97 Å². The van der Waals surface area contributed by atoms with Crippen LogP contribution in [0.2, 0.25) is 0 Å². The number of piperidine rings is 1. The Kier molecular flexibility index (Phi) is 3.73. The number of nitrogens with zero attached hydrogens (tertiary/aromatic N) is 1. The number of rotatable bonds is 3. The van der Waals surface area contributed by atoms with Gasteiger partial charge in [-0.2, -0.15) is 0 Å². The molecule has 4 heteroatoms. The summed E-state index contributed by atoms with van der Waals surface area (Å²) in [6.45, 7) is 4.52. The minimum absolute atomic E-state index is 0.187. The number of hydrogen-bond acceptors (Lipinski definition) is 3. The molecule has 3 atom stereocenters. The fourth-order valence-corrected chi connectivity index (χ4v) is 2.40. The molecule has 0 aliphatic carbocycles. The van der Waals surface area contributed by atoms with Gasteiger partial charge in [-0.15, -0.1) is 0 Å². The molecular weight excluding hydrogens is 194 g/mol. The molecule has 88 valence electrons. The summed E-state index contributed by atoms with van der Waals surface area (Å²) >= 11 is 0. The van der Waals surface area contributed by atoms with Crippen LogP contribution in [0.5, 0.6) is 0 Å². The van der Waals surface area contributed by atoms with Gasteiger partial charge in [0.15, 0.2) is 5.60 Å². The summed E-state index contributed by atoms with van der Waals surface area (Å²) < 4.78 is 0. The van der Waals surface area contributed by atoms with Crippen LogP contribution in [0.3, 0.4) is 0 Å². The largest absolute Gasteiger partial charge is 0.479 e. The first-order valence-corrected chi connectivity index (χ1v) is 5.57. The second-order valence-corrected chi connectivity index (χ2v) is 4.72. The molecule has 2 N–H and O–H groups in total. The molecule has 0 aromatic rings. The third kappa shape index (κ3) is 2.32. The monoisotopic (exact) mass is 215 g/mol. The zero-order valence-corrected chi connectivity index (χ0v) is 9.73. The third-order valence-corrected chi connectivity index (χ3v) is 3.54. The molecule has 0 amide bonds. The van der Waals surface area contributed by atoms with Crippen LogP contribution < -0.4 is 0 Å².